The smallest absolute Gasteiger partial charge is 0.0701 e. The highest BCUT2D eigenvalue weighted by molar-refractivity contribution is 5.13. The molecule has 154 valence electrons. The molecule has 9 atom stereocenters. The highest BCUT2D eigenvalue weighted by Gasteiger charge is 2.63. The predicted octanol–water partition coefficient (Wildman–Crippen LogP) is 4.22. The number of piperidine rings is 1. The third kappa shape index (κ3) is 2.63. The summed E-state index contributed by atoms with van der Waals surface area (Å²) >= 11 is 0. The Morgan fingerprint density at radius 2 is 1.52 bits per heavy atom. The van der Waals surface area contributed by atoms with Gasteiger partial charge in [-0.05, 0) is 112 Å². The lowest BCUT2D eigenvalue weighted by Gasteiger charge is -2.65. The first kappa shape index (κ1) is 18.9. The Morgan fingerprint density at radius 1 is 0.778 bits per heavy atom. The van der Waals surface area contributed by atoms with Crippen LogP contribution in [0.1, 0.15) is 84.5 Å². The highest BCUT2D eigenvalue weighted by Crippen LogP contribution is 2.66. The lowest BCUT2D eigenvalue weighted by Crippen LogP contribution is -2.66. The molecule has 3 nitrogen and oxygen atoms in total. The van der Waals surface area contributed by atoms with Crippen LogP contribution < -0.4 is 0 Å². The summed E-state index contributed by atoms with van der Waals surface area (Å²) in [5.74, 6) is 3.04. The number of aliphatic hydroxyl groups is 2. The second-order valence-corrected chi connectivity index (χ2v) is 11.3. The maximum absolute atomic E-state index is 11.2. The molecule has 0 bridgehead atoms. The maximum Gasteiger partial charge on any atom is 0.0701 e. The first-order chi connectivity index (χ1) is 13.0. The summed E-state index contributed by atoms with van der Waals surface area (Å²) in [6.45, 7) is 7.37. The fraction of sp³-hybridized carbons (Fsp3) is 1.00. The molecular formula is C24H41NO2. The van der Waals surface area contributed by atoms with Gasteiger partial charge in [-0.25, -0.2) is 0 Å². The molecule has 3 heteroatoms. The molecule has 4 aliphatic carbocycles. The van der Waals surface area contributed by atoms with Crippen LogP contribution >= 0.6 is 0 Å². The van der Waals surface area contributed by atoms with E-state index in [1.165, 1.54) is 70.9 Å². The molecular weight excluding hydrogens is 334 g/mol. The highest BCUT2D eigenvalue weighted by atomic mass is 16.3. The van der Waals surface area contributed by atoms with Gasteiger partial charge in [0.05, 0.1) is 12.2 Å². The van der Waals surface area contributed by atoms with Gasteiger partial charge >= 0.3 is 0 Å². The molecule has 0 spiro atoms. The Kier molecular flexibility index (Phi) is 4.69. The van der Waals surface area contributed by atoms with Crippen LogP contribution in [-0.4, -0.2) is 46.5 Å². The Bertz CT molecular complexity index is 561. The number of likely N-dealkylation sites (tertiary alicyclic amines) is 1. The largest absolute Gasteiger partial charge is 0.393 e. The van der Waals surface area contributed by atoms with Crippen molar-refractivity contribution in [1.82, 2.24) is 4.90 Å². The predicted molar refractivity (Wildman–Crippen MR) is 108 cm³/mol. The van der Waals surface area contributed by atoms with Crippen LogP contribution in [0.3, 0.4) is 0 Å². The number of aliphatic hydroxyl groups excluding tert-OH is 2. The van der Waals surface area contributed by atoms with Crippen molar-refractivity contribution in [2.45, 2.75) is 103 Å². The van der Waals surface area contributed by atoms with E-state index < -0.39 is 0 Å². The van der Waals surface area contributed by atoms with Gasteiger partial charge in [0.25, 0.3) is 0 Å². The normalized spacial score (nSPS) is 56.2. The van der Waals surface area contributed by atoms with E-state index in [1.807, 2.05) is 0 Å². The fourth-order valence-electron chi connectivity index (χ4n) is 9.14. The number of hydrogen-bond donors (Lipinski definition) is 2. The van der Waals surface area contributed by atoms with Crippen LogP contribution in [0.2, 0.25) is 0 Å². The van der Waals surface area contributed by atoms with E-state index in [9.17, 15) is 10.2 Å². The molecule has 1 saturated heterocycles. The number of hydrogen-bond acceptors (Lipinski definition) is 3. The van der Waals surface area contributed by atoms with E-state index in [4.69, 9.17) is 0 Å². The summed E-state index contributed by atoms with van der Waals surface area (Å²) in [4.78, 5) is 2.71. The van der Waals surface area contributed by atoms with E-state index in [2.05, 4.69) is 18.7 Å². The van der Waals surface area contributed by atoms with E-state index in [1.54, 1.807) is 0 Å². The first-order valence-electron chi connectivity index (χ1n) is 12.1. The molecule has 4 saturated carbocycles. The quantitative estimate of drug-likeness (QED) is 0.721. The Morgan fingerprint density at radius 3 is 2.30 bits per heavy atom. The Balaban J connectivity index is 1.49. The Hall–Kier alpha value is -0.120. The van der Waals surface area contributed by atoms with Gasteiger partial charge in [0.1, 0.15) is 0 Å². The average molecular weight is 376 g/mol. The molecule has 1 aliphatic heterocycles. The number of fused-ring (bicyclic) bond motifs is 5. The topological polar surface area (TPSA) is 43.7 Å². The van der Waals surface area contributed by atoms with Crippen molar-refractivity contribution in [2.75, 3.05) is 13.1 Å². The van der Waals surface area contributed by atoms with Crippen molar-refractivity contribution in [3.63, 3.8) is 0 Å². The zero-order valence-electron chi connectivity index (χ0n) is 17.6. The summed E-state index contributed by atoms with van der Waals surface area (Å²) in [7, 11) is 0. The van der Waals surface area contributed by atoms with Gasteiger partial charge in [0.2, 0.25) is 0 Å². The second-order valence-electron chi connectivity index (χ2n) is 11.3. The fourth-order valence-corrected chi connectivity index (χ4v) is 9.14. The third-order valence-electron chi connectivity index (χ3n) is 10.5. The SMILES string of the molecule is C[C@@]12C(CCC(O)C1N1CCCCC1)CC[C@@H]1[C@H]2CC[C@]2(C)C(O)CC[C@@H]12. The number of rotatable bonds is 1. The molecule has 5 rings (SSSR count). The summed E-state index contributed by atoms with van der Waals surface area (Å²) in [5.41, 5.74) is 0.436. The van der Waals surface area contributed by atoms with Gasteiger partial charge in [0, 0.05) is 6.04 Å². The minimum Gasteiger partial charge on any atom is -0.393 e. The standard InChI is InChI=1S/C24H41NO2/c1-23-13-12-19-17(18(23)9-11-21(23)27)8-6-16-7-10-20(26)22(24(16,19)2)25-14-4-3-5-15-25/h16-22,26-27H,3-15H2,1-2H3/t16?,17-,18-,19+,20?,21?,22?,23-,24-/m0/s1. The van der Waals surface area contributed by atoms with Crippen molar-refractivity contribution in [3.8, 4) is 0 Å². The summed E-state index contributed by atoms with van der Waals surface area (Å²) in [5, 5.41) is 21.9. The molecule has 0 aromatic carbocycles. The summed E-state index contributed by atoms with van der Waals surface area (Å²) < 4.78 is 0. The van der Waals surface area contributed by atoms with E-state index in [0.717, 1.165) is 30.6 Å². The van der Waals surface area contributed by atoms with Crippen LogP contribution in [0, 0.1) is 34.5 Å². The van der Waals surface area contributed by atoms with Gasteiger partial charge in [0.15, 0.2) is 0 Å². The van der Waals surface area contributed by atoms with Crippen molar-refractivity contribution in [1.29, 1.82) is 0 Å². The summed E-state index contributed by atoms with van der Waals surface area (Å²) in [6.07, 6.45) is 13.5. The molecule has 0 radical (unpaired) electrons. The van der Waals surface area contributed by atoms with Crippen molar-refractivity contribution in [3.05, 3.63) is 0 Å². The van der Waals surface area contributed by atoms with Crippen LogP contribution in [-0.2, 0) is 0 Å². The monoisotopic (exact) mass is 375 g/mol. The molecule has 2 N–H and O–H groups in total. The maximum atomic E-state index is 11.2. The van der Waals surface area contributed by atoms with Crippen LogP contribution in [0.5, 0.6) is 0 Å². The van der Waals surface area contributed by atoms with Gasteiger partial charge in [-0.15, -0.1) is 0 Å². The third-order valence-corrected chi connectivity index (χ3v) is 10.5. The van der Waals surface area contributed by atoms with Crippen molar-refractivity contribution in [2.24, 2.45) is 34.5 Å². The van der Waals surface area contributed by atoms with E-state index in [-0.39, 0.29) is 23.0 Å². The van der Waals surface area contributed by atoms with Gasteiger partial charge in [-0.2, -0.15) is 0 Å². The molecule has 0 amide bonds. The van der Waals surface area contributed by atoms with Crippen molar-refractivity contribution >= 4 is 0 Å². The van der Waals surface area contributed by atoms with Gasteiger partial charge < -0.3 is 10.2 Å². The van der Waals surface area contributed by atoms with Gasteiger partial charge in [-0.3, -0.25) is 4.90 Å². The average Bonchev–Trinajstić information content (AvgIpc) is 2.97. The van der Waals surface area contributed by atoms with E-state index >= 15 is 0 Å². The molecule has 4 unspecified atom stereocenters. The van der Waals surface area contributed by atoms with Crippen molar-refractivity contribution < 1.29 is 10.2 Å². The molecule has 1 heterocycles. The van der Waals surface area contributed by atoms with Crippen LogP contribution in [0.15, 0.2) is 0 Å². The minimum absolute atomic E-state index is 0.0798. The first-order valence-corrected chi connectivity index (χ1v) is 12.1. The zero-order chi connectivity index (χ0) is 18.8. The van der Waals surface area contributed by atoms with Crippen LogP contribution in [0.4, 0.5) is 0 Å². The van der Waals surface area contributed by atoms with E-state index in [0.29, 0.717) is 12.0 Å². The van der Waals surface area contributed by atoms with Crippen LogP contribution in [0.25, 0.3) is 0 Å². The molecule has 0 aromatic heterocycles. The summed E-state index contributed by atoms with van der Waals surface area (Å²) in [6, 6.07) is 0.375. The van der Waals surface area contributed by atoms with Gasteiger partial charge in [-0.1, -0.05) is 20.3 Å². The lowest BCUT2D eigenvalue weighted by atomic mass is 9.43. The molecule has 27 heavy (non-hydrogen) atoms. The second kappa shape index (κ2) is 6.71. The Labute approximate surface area is 165 Å². The molecule has 0 aromatic rings. The molecule has 5 fully saturated rings. The zero-order valence-corrected chi connectivity index (χ0v) is 17.6. The number of nitrogens with zero attached hydrogens (tertiary/aromatic N) is 1. The molecule has 5 aliphatic rings. The minimum atomic E-state index is -0.134. The lowest BCUT2D eigenvalue weighted by molar-refractivity contribution is -0.181.